The van der Waals surface area contributed by atoms with Gasteiger partial charge >= 0.3 is 0 Å². The fourth-order valence-electron chi connectivity index (χ4n) is 3.71. The number of ether oxygens (including phenoxy) is 3. The summed E-state index contributed by atoms with van der Waals surface area (Å²) in [5.41, 5.74) is 0. The van der Waals surface area contributed by atoms with Gasteiger partial charge in [-0.25, -0.2) is 8.42 Å². The maximum Gasteiger partial charge on any atom is 0.247 e. The SMILES string of the molecule is CN1C[C@@H]2COC[C@H](C1)N(S(=O)(=O)c1cccc3c1OCCO3)C2. The highest BCUT2D eigenvalue weighted by Gasteiger charge is 2.41. The largest absolute Gasteiger partial charge is 0.486 e. The van der Waals surface area contributed by atoms with Gasteiger partial charge in [-0.3, -0.25) is 0 Å². The zero-order chi connectivity index (χ0) is 16.7. The molecular formula is C16H22N2O5S. The molecule has 7 nitrogen and oxygen atoms in total. The third-order valence-corrected chi connectivity index (χ3v) is 6.66. The number of hydrogen-bond donors (Lipinski definition) is 0. The van der Waals surface area contributed by atoms with Crippen LogP contribution in [0.2, 0.25) is 0 Å². The van der Waals surface area contributed by atoms with Gasteiger partial charge in [0.25, 0.3) is 0 Å². The van der Waals surface area contributed by atoms with E-state index in [1.807, 2.05) is 7.05 Å². The molecule has 3 aliphatic rings. The maximum absolute atomic E-state index is 13.4. The Kier molecular flexibility index (Phi) is 4.16. The Balaban J connectivity index is 1.75. The van der Waals surface area contributed by atoms with Crippen molar-refractivity contribution in [1.82, 2.24) is 9.21 Å². The van der Waals surface area contributed by atoms with Gasteiger partial charge in [0.05, 0.1) is 19.3 Å². The number of para-hydroxylation sites is 1. The highest BCUT2D eigenvalue weighted by molar-refractivity contribution is 7.89. The van der Waals surface area contributed by atoms with Gasteiger partial charge in [0.1, 0.15) is 18.1 Å². The molecule has 2 saturated heterocycles. The Morgan fingerprint density at radius 2 is 1.92 bits per heavy atom. The third-order valence-electron chi connectivity index (χ3n) is 4.72. The van der Waals surface area contributed by atoms with Gasteiger partial charge in [-0.05, 0) is 19.2 Å². The van der Waals surface area contributed by atoms with Crippen molar-refractivity contribution >= 4 is 10.0 Å². The van der Waals surface area contributed by atoms with E-state index < -0.39 is 10.0 Å². The van der Waals surface area contributed by atoms with E-state index in [0.29, 0.717) is 51.0 Å². The summed E-state index contributed by atoms with van der Waals surface area (Å²) < 4.78 is 45.2. The molecule has 3 heterocycles. The first-order valence-electron chi connectivity index (χ1n) is 8.22. The lowest BCUT2D eigenvalue weighted by Crippen LogP contribution is -2.46. The van der Waals surface area contributed by atoms with Crippen LogP contribution in [0.3, 0.4) is 0 Å². The zero-order valence-corrected chi connectivity index (χ0v) is 14.5. The number of benzene rings is 1. The highest BCUT2D eigenvalue weighted by atomic mass is 32.2. The molecule has 2 fully saturated rings. The highest BCUT2D eigenvalue weighted by Crippen LogP contribution is 2.39. The fraction of sp³-hybridized carbons (Fsp3) is 0.625. The molecule has 24 heavy (non-hydrogen) atoms. The number of sulfonamides is 1. The predicted octanol–water partition coefficient (Wildman–Crippen LogP) is 0.409. The average Bonchev–Trinajstić information content (AvgIpc) is 2.85. The van der Waals surface area contributed by atoms with E-state index in [9.17, 15) is 8.42 Å². The summed E-state index contributed by atoms with van der Waals surface area (Å²) in [6.45, 7) is 3.80. The van der Waals surface area contributed by atoms with Crippen LogP contribution >= 0.6 is 0 Å². The second-order valence-corrected chi connectivity index (χ2v) is 8.49. The maximum atomic E-state index is 13.4. The Morgan fingerprint density at radius 3 is 2.79 bits per heavy atom. The second-order valence-electron chi connectivity index (χ2n) is 6.63. The Bertz CT molecular complexity index is 723. The molecule has 0 aliphatic carbocycles. The lowest BCUT2D eigenvalue weighted by atomic mass is 10.1. The normalized spacial score (nSPS) is 28.4. The second kappa shape index (κ2) is 6.18. The standard InChI is InChI=1S/C16H22N2O5S/c1-17-7-12-8-18(13(9-17)11-21-10-12)24(19,20)15-4-2-3-14-16(15)23-6-5-22-14/h2-4,12-13H,5-11H2,1H3/t12-,13-/m0/s1. The molecule has 0 saturated carbocycles. The number of nitrogens with zero attached hydrogens (tertiary/aromatic N) is 2. The van der Waals surface area contributed by atoms with Crippen LogP contribution < -0.4 is 9.47 Å². The molecule has 0 aromatic heterocycles. The number of fused-ring (bicyclic) bond motifs is 4. The Morgan fingerprint density at radius 1 is 1.08 bits per heavy atom. The van der Waals surface area contributed by atoms with Crippen molar-refractivity contribution < 1.29 is 22.6 Å². The molecule has 0 radical (unpaired) electrons. The van der Waals surface area contributed by atoms with Crippen molar-refractivity contribution in [2.24, 2.45) is 5.92 Å². The first kappa shape index (κ1) is 16.1. The van der Waals surface area contributed by atoms with E-state index in [0.717, 1.165) is 6.54 Å². The molecule has 0 unspecified atom stereocenters. The van der Waals surface area contributed by atoms with Crippen LogP contribution in [0.15, 0.2) is 23.1 Å². The first-order valence-corrected chi connectivity index (χ1v) is 9.66. The molecule has 2 bridgehead atoms. The monoisotopic (exact) mass is 354 g/mol. The summed E-state index contributed by atoms with van der Waals surface area (Å²) in [6.07, 6.45) is 0. The van der Waals surface area contributed by atoms with E-state index in [4.69, 9.17) is 14.2 Å². The Labute approximate surface area is 142 Å². The van der Waals surface area contributed by atoms with Crippen molar-refractivity contribution in [3.8, 4) is 11.5 Å². The minimum atomic E-state index is -3.68. The molecule has 1 aromatic carbocycles. The van der Waals surface area contributed by atoms with Crippen LogP contribution in [0.25, 0.3) is 0 Å². The van der Waals surface area contributed by atoms with Gasteiger partial charge in [0.2, 0.25) is 10.0 Å². The quantitative estimate of drug-likeness (QED) is 0.766. The van der Waals surface area contributed by atoms with Gasteiger partial charge in [-0.2, -0.15) is 4.31 Å². The molecule has 3 aliphatic heterocycles. The Hall–Kier alpha value is -1.35. The summed E-state index contributed by atoms with van der Waals surface area (Å²) in [5, 5.41) is 0. The van der Waals surface area contributed by atoms with E-state index in [1.165, 1.54) is 0 Å². The van der Waals surface area contributed by atoms with Crippen LogP contribution in [0.5, 0.6) is 11.5 Å². The van der Waals surface area contributed by atoms with E-state index in [-0.39, 0.29) is 16.9 Å². The van der Waals surface area contributed by atoms with E-state index in [2.05, 4.69) is 4.90 Å². The lowest BCUT2D eigenvalue weighted by Gasteiger charge is -2.30. The first-order chi connectivity index (χ1) is 11.6. The minimum Gasteiger partial charge on any atom is -0.486 e. The van der Waals surface area contributed by atoms with Crippen molar-refractivity contribution in [2.45, 2.75) is 10.9 Å². The predicted molar refractivity (Wildman–Crippen MR) is 86.9 cm³/mol. The van der Waals surface area contributed by atoms with Crippen molar-refractivity contribution in [3.05, 3.63) is 18.2 Å². The molecule has 0 amide bonds. The van der Waals surface area contributed by atoms with Gasteiger partial charge in [0.15, 0.2) is 11.5 Å². The fourth-order valence-corrected chi connectivity index (χ4v) is 5.53. The molecule has 1 aromatic rings. The summed E-state index contributed by atoms with van der Waals surface area (Å²) in [4.78, 5) is 2.38. The van der Waals surface area contributed by atoms with Gasteiger partial charge in [0, 0.05) is 25.6 Å². The average molecular weight is 354 g/mol. The van der Waals surface area contributed by atoms with Crippen molar-refractivity contribution in [3.63, 3.8) is 0 Å². The smallest absolute Gasteiger partial charge is 0.247 e. The molecule has 132 valence electrons. The summed E-state index contributed by atoms with van der Waals surface area (Å²) in [5.74, 6) is 0.999. The minimum absolute atomic E-state index is 0.175. The van der Waals surface area contributed by atoms with Crippen molar-refractivity contribution in [2.75, 3.05) is 53.1 Å². The van der Waals surface area contributed by atoms with Crippen LogP contribution in [0, 0.1) is 5.92 Å². The number of likely N-dealkylation sites (N-methyl/N-ethyl adjacent to an activating group) is 1. The van der Waals surface area contributed by atoms with Gasteiger partial charge < -0.3 is 19.1 Å². The van der Waals surface area contributed by atoms with Crippen LogP contribution in [-0.2, 0) is 14.8 Å². The summed E-state index contributed by atoms with van der Waals surface area (Å²) in [7, 11) is -1.65. The van der Waals surface area contributed by atoms with E-state index in [1.54, 1.807) is 22.5 Å². The topological polar surface area (TPSA) is 68.3 Å². The van der Waals surface area contributed by atoms with Crippen LogP contribution in [-0.4, -0.2) is 76.8 Å². The molecule has 0 N–H and O–H groups in total. The summed E-state index contributed by atoms with van der Waals surface area (Å²) in [6, 6.07) is 4.85. The molecule has 4 rings (SSSR count). The zero-order valence-electron chi connectivity index (χ0n) is 13.7. The molecule has 0 spiro atoms. The van der Waals surface area contributed by atoms with E-state index >= 15 is 0 Å². The summed E-state index contributed by atoms with van der Waals surface area (Å²) >= 11 is 0. The van der Waals surface area contributed by atoms with Crippen molar-refractivity contribution in [1.29, 1.82) is 0 Å². The molecular weight excluding hydrogens is 332 g/mol. The van der Waals surface area contributed by atoms with Crippen LogP contribution in [0.4, 0.5) is 0 Å². The molecule has 8 heteroatoms. The lowest BCUT2D eigenvalue weighted by molar-refractivity contribution is 0.0659. The number of rotatable bonds is 2. The van der Waals surface area contributed by atoms with Crippen LogP contribution in [0.1, 0.15) is 0 Å². The molecule has 2 atom stereocenters. The van der Waals surface area contributed by atoms with Gasteiger partial charge in [-0.15, -0.1) is 0 Å². The third kappa shape index (κ3) is 2.77. The number of hydrogen-bond acceptors (Lipinski definition) is 6. The van der Waals surface area contributed by atoms with Gasteiger partial charge in [-0.1, -0.05) is 6.07 Å².